The van der Waals surface area contributed by atoms with E-state index < -0.39 is 0 Å². The molecular formula is C22H35N3O. The minimum atomic E-state index is 0.0837. The molecule has 144 valence electrons. The summed E-state index contributed by atoms with van der Waals surface area (Å²) >= 11 is 0. The van der Waals surface area contributed by atoms with E-state index in [1.807, 2.05) is 12.1 Å². The number of hydrogen-bond donors (Lipinski definition) is 2. The number of anilines is 1. The lowest BCUT2D eigenvalue weighted by Crippen LogP contribution is -2.58. The van der Waals surface area contributed by atoms with Crippen LogP contribution in [0.15, 0.2) is 24.3 Å². The number of carbonyl (C=O) groups is 1. The van der Waals surface area contributed by atoms with Crippen LogP contribution in [-0.2, 0) is 11.3 Å². The summed E-state index contributed by atoms with van der Waals surface area (Å²) in [5.74, 6) is 0.573. The molecule has 4 heteroatoms. The predicted molar refractivity (Wildman–Crippen MR) is 108 cm³/mol. The highest BCUT2D eigenvalue weighted by atomic mass is 16.1. The molecule has 0 bridgehead atoms. The number of nitrogens with one attached hydrogen (secondary N) is 2. The van der Waals surface area contributed by atoms with Crippen LogP contribution < -0.4 is 10.6 Å². The molecule has 2 N–H and O–H groups in total. The number of piperidine rings is 1. The molecule has 1 aromatic rings. The Balaban J connectivity index is 1.61. The molecule has 3 rings (SSSR count). The molecule has 1 amide bonds. The minimum absolute atomic E-state index is 0.0837. The average molecular weight is 358 g/mol. The third-order valence-electron chi connectivity index (χ3n) is 5.63. The van der Waals surface area contributed by atoms with Crippen molar-refractivity contribution < 1.29 is 4.79 Å². The molecule has 26 heavy (non-hydrogen) atoms. The molecular weight excluding hydrogens is 322 g/mol. The van der Waals surface area contributed by atoms with Crippen LogP contribution in [0.3, 0.4) is 0 Å². The zero-order valence-electron chi connectivity index (χ0n) is 16.9. The van der Waals surface area contributed by atoms with Crippen molar-refractivity contribution in [3.63, 3.8) is 0 Å². The van der Waals surface area contributed by atoms with Crippen molar-refractivity contribution in [3.05, 3.63) is 29.8 Å². The largest absolute Gasteiger partial charge is 0.326 e. The van der Waals surface area contributed by atoms with Crippen LogP contribution in [0.1, 0.15) is 65.4 Å². The van der Waals surface area contributed by atoms with Gasteiger partial charge in [-0.05, 0) is 84.0 Å². The fraction of sp³-hybridized carbons (Fsp3) is 0.682. The van der Waals surface area contributed by atoms with Crippen molar-refractivity contribution in [1.29, 1.82) is 0 Å². The summed E-state index contributed by atoms with van der Waals surface area (Å²) in [6.07, 6.45) is 5.26. The standard InChI is InChI=1S/C22H35N3O/c1-21(2)14-17(15-22(3,4)24-21)13-20(26)23-19-10-6-5-9-18(19)16-25-11-7-8-12-25/h5-6,9-10,17,24H,7-8,11-16H2,1-4H3,(H,23,26). The van der Waals surface area contributed by atoms with Crippen molar-refractivity contribution in [2.45, 2.75) is 77.4 Å². The van der Waals surface area contributed by atoms with E-state index in [0.29, 0.717) is 12.3 Å². The van der Waals surface area contributed by atoms with Crippen LogP contribution in [0.5, 0.6) is 0 Å². The predicted octanol–water partition coefficient (Wildman–Crippen LogP) is 4.17. The second-order valence-electron chi connectivity index (χ2n) is 9.56. The number of amides is 1. The summed E-state index contributed by atoms with van der Waals surface area (Å²) in [6, 6.07) is 8.27. The first-order chi connectivity index (χ1) is 12.2. The molecule has 0 unspecified atom stereocenters. The maximum absolute atomic E-state index is 12.7. The summed E-state index contributed by atoms with van der Waals surface area (Å²) in [5.41, 5.74) is 2.38. The van der Waals surface area contributed by atoms with E-state index in [0.717, 1.165) is 25.1 Å². The highest BCUT2D eigenvalue weighted by Gasteiger charge is 2.38. The molecule has 0 saturated carbocycles. The van der Waals surface area contributed by atoms with E-state index in [1.165, 1.54) is 31.5 Å². The normalized spacial score (nSPS) is 23.1. The summed E-state index contributed by atoms with van der Waals surface area (Å²) in [7, 11) is 0. The van der Waals surface area contributed by atoms with Gasteiger partial charge in [0.1, 0.15) is 0 Å². The van der Waals surface area contributed by atoms with Crippen molar-refractivity contribution in [3.8, 4) is 0 Å². The lowest BCUT2D eigenvalue weighted by molar-refractivity contribution is -0.117. The zero-order valence-corrected chi connectivity index (χ0v) is 16.9. The van der Waals surface area contributed by atoms with Gasteiger partial charge in [0.05, 0.1) is 0 Å². The SMILES string of the molecule is CC1(C)CC(CC(=O)Nc2ccccc2CN2CCCC2)CC(C)(C)N1. The van der Waals surface area contributed by atoms with E-state index in [4.69, 9.17) is 0 Å². The topological polar surface area (TPSA) is 44.4 Å². The number of hydrogen-bond acceptors (Lipinski definition) is 3. The number of carbonyl (C=O) groups excluding carboxylic acids is 1. The molecule has 0 spiro atoms. The number of likely N-dealkylation sites (tertiary alicyclic amines) is 1. The quantitative estimate of drug-likeness (QED) is 0.831. The third-order valence-corrected chi connectivity index (χ3v) is 5.63. The Morgan fingerprint density at radius 2 is 1.73 bits per heavy atom. The number of benzene rings is 1. The summed E-state index contributed by atoms with van der Waals surface area (Å²) in [6.45, 7) is 12.2. The highest BCUT2D eigenvalue weighted by Crippen LogP contribution is 2.34. The Kier molecular flexibility index (Phi) is 5.73. The maximum atomic E-state index is 12.7. The Hall–Kier alpha value is -1.39. The first-order valence-electron chi connectivity index (χ1n) is 10.1. The Bertz CT molecular complexity index is 616. The van der Waals surface area contributed by atoms with Crippen molar-refractivity contribution in [2.24, 2.45) is 5.92 Å². The number of rotatable bonds is 5. The first-order valence-corrected chi connectivity index (χ1v) is 10.1. The molecule has 2 aliphatic heterocycles. The highest BCUT2D eigenvalue weighted by molar-refractivity contribution is 5.91. The summed E-state index contributed by atoms with van der Waals surface area (Å²) in [5, 5.41) is 6.90. The van der Waals surface area contributed by atoms with Gasteiger partial charge in [-0.2, -0.15) is 0 Å². The lowest BCUT2D eigenvalue weighted by atomic mass is 9.74. The van der Waals surface area contributed by atoms with Gasteiger partial charge in [-0.15, -0.1) is 0 Å². The summed E-state index contributed by atoms with van der Waals surface area (Å²) < 4.78 is 0. The molecule has 1 aromatic carbocycles. The van der Waals surface area contributed by atoms with Crippen LogP contribution >= 0.6 is 0 Å². The second kappa shape index (κ2) is 7.69. The van der Waals surface area contributed by atoms with Gasteiger partial charge in [0, 0.05) is 29.7 Å². The van der Waals surface area contributed by atoms with Gasteiger partial charge >= 0.3 is 0 Å². The van der Waals surface area contributed by atoms with Crippen LogP contribution in [0.2, 0.25) is 0 Å². The Labute approximate surface area is 158 Å². The van der Waals surface area contributed by atoms with E-state index >= 15 is 0 Å². The van der Waals surface area contributed by atoms with E-state index in [-0.39, 0.29) is 17.0 Å². The van der Waals surface area contributed by atoms with Crippen LogP contribution in [-0.4, -0.2) is 35.0 Å². The number of para-hydroxylation sites is 1. The van der Waals surface area contributed by atoms with Gasteiger partial charge in [-0.1, -0.05) is 18.2 Å². The summed E-state index contributed by atoms with van der Waals surface area (Å²) in [4.78, 5) is 15.2. The van der Waals surface area contributed by atoms with Gasteiger partial charge < -0.3 is 10.6 Å². The molecule has 2 fully saturated rings. The average Bonchev–Trinajstić information content (AvgIpc) is 2.98. The van der Waals surface area contributed by atoms with E-state index in [2.05, 4.69) is 55.4 Å². The lowest BCUT2D eigenvalue weighted by Gasteiger charge is -2.46. The number of nitrogens with zero attached hydrogens (tertiary/aromatic N) is 1. The van der Waals surface area contributed by atoms with Gasteiger partial charge in [0.15, 0.2) is 0 Å². The molecule has 2 saturated heterocycles. The molecule has 2 aliphatic rings. The van der Waals surface area contributed by atoms with Crippen LogP contribution in [0.4, 0.5) is 5.69 Å². The minimum Gasteiger partial charge on any atom is -0.326 e. The molecule has 2 heterocycles. The van der Waals surface area contributed by atoms with Gasteiger partial charge in [-0.25, -0.2) is 0 Å². The van der Waals surface area contributed by atoms with Crippen LogP contribution in [0, 0.1) is 5.92 Å². The van der Waals surface area contributed by atoms with Gasteiger partial charge in [-0.3, -0.25) is 9.69 Å². The zero-order chi connectivity index (χ0) is 18.8. The van der Waals surface area contributed by atoms with Crippen molar-refractivity contribution in [2.75, 3.05) is 18.4 Å². The first kappa shape index (κ1) is 19.4. The van der Waals surface area contributed by atoms with Crippen LogP contribution in [0.25, 0.3) is 0 Å². The Morgan fingerprint density at radius 1 is 1.12 bits per heavy atom. The second-order valence-corrected chi connectivity index (χ2v) is 9.56. The van der Waals surface area contributed by atoms with Gasteiger partial charge in [0.2, 0.25) is 5.91 Å². The fourth-order valence-corrected chi connectivity index (χ4v) is 5.10. The van der Waals surface area contributed by atoms with E-state index in [1.54, 1.807) is 0 Å². The monoisotopic (exact) mass is 357 g/mol. The Morgan fingerprint density at radius 3 is 2.38 bits per heavy atom. The molecule has 4 nitrogen and oxygen atoms in total. The third kappa shape index (κ3) is 5.31. The fourth-order valence-electron chi connectivity index (χ4n) is 5.10. The maximum Gasteiger partial charge on any atom is 0.224 e. The molecule has 0 aliphatic carbocycles. The smallest absolute Gasteiger partial charge is 0.224 e. The van der Waals surface area contributed by atoms with Gasteiger partial charge in [0.25, 0.3) is 0 Å². The van der Waals surface area contributed by atoms with E-state index in [9.17, 15) is 4.79 Å². The molecule has 0 atom stereocenters. The molecule has 0 aromatic heterocycles. The molecule has 0 radical (unpaired) electrons. The van der Waals surface area contributed by atoms with Crippen molar-refractivity contribution in [1.82, 2.24) is 10.2 Å². The van der Waals surface area contributed by atoms with Crippen molar-refractivity contribution >= 4 is 11.6 Å².